The summed E-state index contributed by atoms with van der Waals surface area (Å²) in [4.78, 5) is 17.2. The van der Waals surface area contributed by atoms with Crippen molar-refractivity contribution < 1.29 is 14.3 Å². The van der Waals surface area contributed by atoms with Crippen molar-refractivity contribution in [3.63, 3.8) is 0 Å². The molecular weight excluding hydrogens is 340 g/mol. The Morgan fingerprint density at radius 2 is 1.70 bits per heavy atom. The minimum atomic E-state index is 0. The maximum atomic E-state index is 12.8. The third kappa shape index (κ3) is 6.51. The molecule has 1 amide bonds. The van der Waals surface area contributed by atoms with Crippen LogP contribution in [0.15, 0.2) is 24.3 Å². The lowest BCUT2D eigenvalue weighted by Crippen LogP contribution is -2.37. The van der Waals surface area contributed by atoms with Crippen LogP contribution in [0.5, 0.6) is 5.75 Å². The number of carbonyl (C=O) groups is 1. The molecular formula is C22H38N2O3. The Hall–Kier alpha value is -1.59. The highest BCUT2D eigenvalue weighted by atomic mass is 16.5. The molecule has 2 aliphatic rings. The van der Waals surface area contributed by atoms with E-state index in [2.05, 4.69) is 18.7 Å². The molecule has 2 aliphatic heterocycles. The van der Waals surface area contributed by atoms with Gasteiger partial charge in [-0.2, -0.15) is 0 Å². The first-order chi connectivity index (χ1) is 12.1. The van der Waals surface area contributed by atoms with Crippen molar-refractivity contribution in [2.24, 2.45) is 0 Å². The van der Waals surface area contributed by atoms with Gasteiger partial charge in [0, 0.05) is 50.6 Å². The Bertz CT molecular complexity index is 553. The SMILES string of the molecule is C.C.CC(C)N1CCCN(C(=O)c2ccc(OC3CCOCC3)cc2)CC1. The predicted octanol–water partition coefficient (Wildman–Crippen LogP) is 4.07. The second-order valence-corrected chi connectivity index (χ2v) is 7.23. The van der Waals surface area contributed by atoms with Crippen LogP contribution < -0.4 is 4.74 Å². The monoisotopic (exact) mass is 378 g/mol. The van der Waals surface area contributed by atoms with E-state index in [0.717, 1.165) is 70.0 Å². The van der Waals surface area contributed by atoms with E-state index in [1.807, 2.05) is 29.2 Å². The molecule has 0 aromatic heterocycles. The summed E-state index contributed by atoms with van der Waals surface area (Å²) in [5.41, 5.74) is 0.748. The highest BCUT2D eigenvalue weighted by Gasteiger charge is 2.21. The number of ether oxygens (including phenoxy) is 2. The van der Waals surface area contributed by atoms with Gasteiger partial charge in [0.25, 0.3) is 5.91 Å². The Labute approximate surface area is 165 Å². The second kappa shape index (κ2) is 11.3. The summed E-state index contributed by atoms with van der Waals surface area (Å²) in [7, 11) is 0. The lowest BCUT2D eigenvalue weighted by Gasteiger charge is -2.25. The third-order valence-corrected chi connectivity index (χ3v) is 5.12. The summed E-state index contributed by atoms with van der Waals surface area (Å²) in [6, 6.07) is 8.16. The zero-order valence-electron chi connectivity index (χ0n) is 15.4. The smallest absolute Gasteiger partial charge is 0.253 e. The van der Waals surface area contributed by atoms with Crippen LogP contribution in [0.25, 0.3) is 0 Å². The van der Waals surface area contributed by atoms with Crippen molar-refractivity contribution >= 4 is 5.91 Å². The van der Waals surface area contributed by atoms with Gasteiger partial charge in [-0.05, 0) is 44.5 Å². The van der Waals surface area contributed by atoms with Crippen LogP contribution in [0.3, 0.4) is 0 Å². The largest absolute Gasteiger partial charge is 0.490 e. The van der Waals surface area contributed by atoms with Crippen molar-refractivity contribution in [3.8, 4) is 5.75 Å². The first-order valence-electron chi connectivity index (χ1n) is 9.51. The molecule has 5 nitrogen and oxygen atoms in total. The van der Waals surface area contributed by atoms with Crippen LogP contribution in [-0.4, -0.2) is 67.2 Å². The number of carbonyl (C=O) groups excluding carboxylic acids is 1. The molecule has 0 spiro atoms. The lowest BCUT2D eigenvalue weighted by molar-refractivity contribution is 0.0256. The molecule has 154 valence electrons. The summed E-state index contributed by atoms with van der Waals surface area (Å²) in [6.45, 7) is 9.63. The lowest BCUT2D eigenvalue weighted by atomic mass is 10.1. The fraction of sp³-hybridized carbons (Fsp3) is 0.682. The fourth-order valence-corrected chi connectivity index (χ4v) is 3.50. The quantitative estimate of drug-likeness (QED) is 0.792. The normalized spacial score (nSPS) is 19.0. The summed E-state index contributed by atoms with van der Waals surface area (Å²) < 4.78 is 11.3. The molecule has 2 heterocycles. The van der Waals surface area contributed by atoms with Crippen LogP contribution in [0, 0.1) is 0 Å². The number of nitrogens with zero attached hydrogens (tertiary/aromatic N) is 2. The highest BCUT2D eigenvalue weighted by molar-refractivity contribution is 5.94. The van der Waals surface area contributed by atoms with E-state index in [-0.39, 0.29) is 26.9 Å². The van der Waals surface area contributed by atoms with Gasteiger partial charge in [-0.1, -0.05) is 14.9 Å². The second-order valence-electron chi connectivity index (χ2n) is 7.23. The predicted molar refractivity (Wildman–Crippen MR) is 112 cm³/mol. The minimum absolute atomic E-state index is 0. The maximum Gasteiger partial charge on any atom is 0.253 e. The number of amides is 1. The van der Waals surface area contributed by atoms with Gasteiger partial charge in [-0.15, -0.1) is 0 Å². The molecule has 0 aliphatic carbocycles. The molecule has 2 saturated heterocycles. The number of rotatable bonds is 4. The van der Waals surface area contributed by atoms with E-state index < -0.39 is 0 Å². The minimum Gasteiger partial charge on any atom is -0.490 e. The third-order valence-electron chi connectivity index (χ3n) is 5.12. The standard InChI is InChI=1S/C20H30N2O3.2CH4/c1-16(2)21-10-3-11-22(13-12-21)20(23)17-4-6-18(7-5-17)25-19-8-14-24-15-9-19;;/h4-7,16,19H,3,8-15H2,1-2H3;2*1H4. The first kappa shape index (κ1) is 23.4. The molecule has 0 N–H and O–H groups in total. The van der Waals surface area contributed by atoms with Crippen LogP contribution in [0.4, 0.5) is 0 Å². The number of benzene rings is 1. The number of hydrogen-bond acceptors (Lipinski definition) is 4. The Kier molecular flexibility index (Phi) is 9.81. The summed E-state index contributed by atoms with van der Waals surface area (Å²) >= 11 is 0. The molecule has 1 aromatic carbocycles. The average molecular weight is 379 g/mol. The van der Waals surface area contributed by atoms with Gasteiger partial charge >= 0.3 is 0 Å². The maximum absolute atomic E-state index is 12.8. The zero-order valence-corrected chi connectivity index (χ0v) is 15.4. The average Bonchev–Trinajstić information content (AvgIpc) is 2.89. The fourth-order valence-electron chi connectivity index (χ4n) is 3.50. The van der Waals surface area contributed by atoms with Crippen molar-refractivity contribution in [1.82, 2.24) is 9.80 Å². The molecule has 1 aromatic rings. The Morgan fingerprint density at radius 3 is 2.33 bits per heavy atom. The highest BCUT2D eigenvalue weighted by Crippen LogP contribution is 2.19. The van der Waals surface area contributed by atoms with Crippen LogP contribution in [-0.2, 0) is 4.74 Å². The Morgan fingerprint density at radius 1 is 1.04 bits per heavy atom. The molecule has 0 bridgehead atoms. The van der Waals surface area contributed by atoms with E-state index in [9.17, 15) is 4.79 Å². The molecule has 27 heavy (non-hydrogen) atoms. The van der Waals surface area contributed by atoms with E-state index in [1.54, 1.807) is 0 Å². The summed E-state index contributed by atoms with van der Waals surface area (Å²) in [6.07, 6.45) is 3.12. The zero-order chi connectivity index (χ0) is 17.6. The van der Waals surface area contributed by atoms with Gasteiger partial charge < -0.3 is 14.4 Å². The van der Waals surface area contributed by atoms with E-state index >= 15 is 0 Å². The molecule has 5 heteroatoms. The molecule has 0 atom stereocenters. The molecule has 0 unspecified atom stereocenters. The molecule has 0 radical (unpaired) electrons. The molecule has 3 rings (SSSR count). The first-order valence-corrected chi connectivity index (χ1v) is 9.51. The van der Waals surface area contributed by atoms with Crippen molar-refractivity contribution in [3.05, 3.63) is 29.8 Å². The van der Waals surface area contributed by atoms with E-state index in [1.165, 1.54) is 0 Å². The van der Waals surface area contributed by atoms with Crippen LogP contribution in [0.1, 0.15) is 58.3 Å². The number of hydrogen-bond donors (Lipinski definition) is 0. The van der Waals surface area contributed by atoms with Gasteiger partial charge in [0.1, 0.15) is 11.9 Å². The summed E-state index contributed by atoms with van der Waals surface area (Å²) in [5, 5.41) is 0. The molecule has 2 fully saturated rings. The van der Waals surface area contributed by atoms with Crippen molar-refractivity contribution in [1.29, 1.82) is 0 Å². The van der Waals surface area contributed by atoms with Gasteiger partial charge in [-0.3, -0.25) is 9.69 Å². The Balaban J connectivity index is 0.00000182. The van der Waals surface area contributed by atoms with Gasteiger partial charge in [0.05, 0.1) is 13.2 Å². The van der Waals surface area contributed by atoms with Crippen molar-refractivity contribution in [2.75, 3.05) is 39.4 Å². The van der Waals surface area contributed by atoms with Gasteiger partial charge in [0.2, 0.25) is 0 Å². The van der Waals surface area contributed by atoms with Crippen molar-refractivity contribution in [2.45, 2.75) is 60.1 Å². The van der Waals surface area contributed by atoms with E-state index in [0.29, 0.717) is 6.04 Å². The summed E-state index contributed by atoms with van der Waals surface area (Å²) in [5.74, 6) is 0.966. The molecule has 0 saturated carbocycles. The van der Waals surface area contributed by atoms with Crippen LogP contribution in [0.2, 0.25) is 0 Å². The van der Waals surface area contributed by atoms with Gasteiger partial charge in [-0.25, -0.2) is 0 Å². The van der Waals surface area contributed by atoms with E-state index in [4.69, 9.17) is 9.47 Å². The van der Waals surface area contributed by atoms with Gasteiger partial charge in [0.15, 0.2) is 0 Å². The topological polar surface area (TPSA) is 42.0 Å². The van der Waals surface area contributed by atoms with Crippen LogP contribution >= 0.6 is 0 Å².